The quantitative estimate of drug-likeness (QED) is 0.202. The summed E-state index contributed by atoms with van der Waals surface area (Å²) in [6.07, 6.45) is 2.33. The van der Waals surface area contributed by atoms with Gasteiger partial charge in [0.05, 0.1) is 16.5 Å². The van der Waals surface area contributed by atoms with E-state index < -0.39 is 15.8 Å². The monoisotopic (exact) mass is 374 g/mol. The Labute approximate surface area is 154 Å². The highest BCUT2D eigenvalue weighted by molar-refractivity contribution is 5.72. The summed E-state index contributed by atoms with van der Waals surface area (Å²) in [6, 6.07) is 11.2. The first kappa shape index (κ1) is 19.8. The van der Waals surface area contributed by atoms with Crippen molar-refractivity contribution in [2.24, 2.45) is 0 Å². The van der Waals surface area contributed by atoms with Gasteiger partial charge in [-0.05, 0) is 43.5 Å². The molecule has 0 atom stereocenters. The summed E-state index contributed by atoms with van der Waals surface area (Å²) >= 11 is 0. The molecule has 0 radical (unpaired) electrons. The summed E-state index contributed by atoms with van der Waals surface area (Å²) in [5, 5.41) is 21.1. The molecule has 0 aliphatic heterocycles. The van der Waals surface area contributed by atoms with Gasteiger partial charge < -0.3 is 9.47 Å². The number of benzene rings is 2. The van der Waals surface area contributed by atoms with Crippen molar-refractivity contribution in [2.75, 3.05) is 6.61 Å². The Morgan fingerprint density at radius 3 is 1.81 bits per heavy atom. The van der Waals surface area contributed by atoms with Crippen molar-refractivity contribution < 1.29 is 24.1 Å². The van der Waals surface area contributed by atoms with E-state index in [-0.39, 0.29) is 23.5 Å². The zero-order valence-electron chi connectivity index (χ0n) is 14.4. The van der Waals surface area contributed by atoms with E-state index in [1.54, 1.807) is 12.1 Å². The number of carbonyl (C=O) groups is 1. The number of nitro benzene ring substituents is 2. The number of unbranched alkanes of at least 4 members (excludes halogenated alkanes) is 2. The molecule has 0 heterocycles. The highest BCUT2D eigenvalue weighted by Gasteiger charge is 2.08. The van der Waals surface area contributed by atoms with E-state index in [9.17, 15) is 25.0 Å². The van der Waals surface area contributed by atoms with Crippen LogP contribution in [-0.2, 0) is 4.79 Å². The zero-order chi connectivity index (χ0) is 19.6. The number of esters is 1. The molecule has 2 aromatic rings. The first-order valence-corrected chi connectivity index (χ1v) is 8.28. The van der Waals surface area contributed by atoms with Crippen molar-refractivity contribution in [1.29, 1.82) is 0 Å². The van der Waals surface area contributed by atoms with E-state index >= 15 is 0 Å². The van der Waals surface area contributed by atoms with Crippen LogP contribution in [0.2, 0.25) is 0 Å². The van der Waals surface area contributed by atoms with Crippen LogP contribution in [0.1, 0.15) is 25.7 Å². The van der Waals surface area contributed by atoms with E-state index in [4.69, 9.17) is 9.47 Å². The second kappa shape index (κ2) is 9.85. The van der Waals surface area contributed by atoms with Gasteiger partial charge in [-0.15, -0.1) is 0 Å². The second-order valence-electron chi connectivity index (χ2n) is 5.64. The zero-order valence-corrected chi connectivity index (χ0v) is 14.4. The smallest absolute Gasteiger partial charge is 0.311 e. The Hall–Kier alpha value is -3.49. The summed E-state index contributed by atoms with van der Waals surface area (Å²) < 4.78 is 10.6. The van der Waals surface area contributed by atoms with Crippen molar-refractivity contribution in [1.82, 2.24) is 0 Å². The molecule has 27 heavy (non-hydrogen) atoms. The van der Waals surface area contributed by atoms with Crippen LogP contribution >= 0.6 is 0 Å². The van der Waals surface area contributed by atoms with Crippen molar-refractivity contribution in [3.63, 3.8) is 0 Å². The van der Waals surface area contributed by atoms with Gasteiger partial charge in [0.25, 0.3) is 11.4 Å². The van der Waals surface area contributed by atoms with E-state index in [1.165, 1.54) is 36.4 Å². The van der Waals surface area contributed by atoms with Crippen LogP contribution in [0, 0.1) is 20.2 Å². The molecule has 0 aromatic heterocycles. The van der Waals surface area contributed by atoms with Crippen LogP contribution in [0.3, 0.4) is 0 Å². The van der Waals surface area contributed by atoms with Crippen LogP contribution in [0.4, 0.5) is 11.4 Å². The maximum atomic E-state index is 11.7. The van der Waals surface area contributed by atoms with E-state index in [2.05, 4.69) is 0 Å². The molecule has 9 nitrogen and oxygen atoms in total. The Balaban J connectivity index is 1.60. The number of carbonyl (C=O) groups excluding carboxylic acids is 1. The van der Waals surface area contributed by atoms with Gasteiger partial charge in [-0.25, -0.2) is 0 Å². The third-order valence-corrected chi connectivity index (χ3v) is 3.62. The fourth-order valence-corrected chi connectivity index (χ4v) is 2.22. The SMILES string of the molecule is O=C(CCCCCOc1ccc([N+](=O)[O-])cc1)Oc1ccc([N+](=O)[O-])cc1. The number of rotatable bonds is 10. The van der Waals surface area contributed by atoms with E-state index in [1.807, 2.05) is 0 Å². The highest BCUT2D eigenvalue weighted by Crippen LogP contribution is 2.19. The first-order valence-electron chi connectivity index (χ1n) is 8.28. The number of nitro groups is 2. The molecule has 9 heteroatoms. The largest absolute Gasteiger partial charge is 0.494 e. The molecule has 0 amide bonds. The van der Waals surface area contributed by atoms with Gasteiger partial charge in [-0.3, -0.25) is 25.0 Å². The van der Waals surface area contributed by atoms with Crippen molar-refractivity contribution >= 4 is 17.3 Å². The third kappa shape index (κ3) is 6.73. The molecular formula is C18H18N2O7. The first-order chi connectivity index (χ1) is 13.0. The van der Waals surface area contributed by atoms with Gasteiger partial charge in [0, 0.05) is 30.7 Å². The van der Waals surface area contributed by atoms with Gasteiger partial charge in [0.15, 0.2) is 0 Å². The molecule has 0 N–H and O–H groups in total. The summed E-state index contributed by atoms with van der Waals surface area (Å²) in [6.45, 7) is 0.440. The van der Waals surface area contributed by atoms with Gasteiger partial charge >= 0.3 is 5.97 Å². The second-order valence-corrected chi connectivity index (χ2v) is 5.64. The average molecular weight is 374 g/mol. The molecule has 0 spiro atoms. The minimum atomic E-state index is -0.523. The topological polar surface area (TPSA) is 122 Å². The molecule has 0 aliphatic rings. The number of hydrogen-bond acceptors (Lipinski definition) is 7. The molecule has 0 fully saturated rings. The van der Waals surface area contributed by atoms with Gasteiger partial charge in [0.1, 0.15) is 11.5 Å². The summed E-state index contributed by atoms with van der Waals surface area (Å²) in [4.78, 5) is 31.8. The number of non-ortho nitro benzene ring substituents is 2. The summed E-state index contributed by atoms with van der Waals surface area (Å²) in [5.41, 5.74) is -0.0586. The lowest BCUT2D eigenvalue weighted by Crippen LogP contribution is -2.08. The van der Waals surface area contributed by atoms with E-state index in [0.717, 1.165) is 12.8 Å². The maximum Gasteiger partial charge on any atom is 0.311 e. The third-order valence-electron chi connectivity index (χ3n) is 3.62. The molecular weight excluding hydrogens is 356 g/mol. The Kier molecular flexibility index (Phi) is 7.24. The lowest BCUT2D eigenvalue weighted by molar-refractivity contribution is -0.385. The standard InChI is InChI=1S/C18H18N2O7/c21-18(27-17-11-7-15(8-12-17)20(24)25)4-2-1-3-13-26-16-9-5-14(6-10-16)19(22)23/h5-12H,1-4,13H2. The van der Waals surface area contributed by atoms with Gasteiger partial charge in [-0.2, -0.15) is 0 Å². The van der Waals surface area contributed by atoms with E-state index in [0.29, 0.717) is 18.8 Å². The fourth-order valence-electron chi connectivity index (χ4n) is 2.22. The Morgan fingerprint density at radius 1 is 0.778 bits per heavy atom. The molecule has 0 saturated heterocycles. The van der Waals surface area contributed by atoms with Crippen LogP contribution in [0.15, 0.2) is 48.5 Å². The average Bonchev–Trinajstić information content (AvgIpc) is 2.65. The number of nitrogens with zero attached hydrogens (tertiary/aromatic N) is 2. The molecule has 0 saturated carbocycles. The fraction of sp³-hybridized carbons (Fsp3) is 0.278. The molecule has 0 unspecified atom stereocenters. The Bertz CT molecular complexity index is 788. The van der Waals surface area contributed by atoms with Crippen LogP contribution in [-0.4, -0.2) is 22.4 Å². The minimum Gasteiger partial charge on any atom is -0.494 e. The summed E-state index contributed by atoms with van der Waals surface area (Å²) in [7, 11) is 0. The predicted molar refractivity (Wildman–Crippen MR) is 95.8 cm³/mol. The molecule has 2 rings (SSSR count). The highest BCUT2D eigenvalue weighted by atomic mass is 16.6. The Morgan fingerprint density at radius 2 is 1.30 bits per heavy atom. The minimum absolute atomic E-state index is 0.00823. The van der Waals surface area contributed by atoms with Crippen molar-refractivity contribution in [3.05, 3.63) is 68.8 Å². The van der Waals surface area contributed by atoms with Crippen LogP contribution in [0.25, 0.3) is 0 Å². The number of hydrogen-bond donors (Lipinski definition) is 0. The lowest BCUT2D eigenvalue weighted by Gasteiger charge is -2.06. The van der Waals surface area contributed by atoms with Crippen molar-refractivity contribution in [2.45, 2.75) is 25.7 Å². The maximum absolute atomic E-state index is 11.7. The normalized spacial score (nSPS) is 10.2. The number of ether oxygens (including phenoxy) is 2. The predicted octanol–water partition coefficient (Wildman–Crippen LogP) is 4.05. The lowest BCUT2D eigenvalue weighted by atomic mass is 10.2. The van der Waals surface area contributed by atoms with Crippen LogP contribution < -0.4 is 9.47 Å². The van der Waals surface area contributed by atoms with Gasteiger partial charge in [-0.1, -0.05) is 0 Å². The van der Waals surface area contributed by atoms with Gasteiger partial charge in [0.2, 0.25) is 0 Å². The van der Waals surface area contributed by atoms with Crippen LogP contribution in [0.5, 0.6) is 11.5 Å². The molecule has 142 valence electrons. The van der Waals surface area contributed by atoms with Crippen molar-refractivity contribution in [3.8, 4) is 11.5 Å². The molecule has 0 aliphatic carbocycles. The molecule has 0 bridgehead atoms. The molecule has 2 aromatic carbocycles. The summed E-state index contributed by atoms with van der Waals surface area (Å²) in [5.74, 6) is 0.422.